The number of nitrogens with zero attached hydrogens (tertiary/aromatic N) is 3. The fraction of sp³-hybridized carbons (Fsp3) is 0.250. The predicted molar refractivity (Wildman–Crippen MR) is 179 cm³/mol. The van der Waals surface area contributed by atoms with Gasteiger partial charge in [-0.3, -0.25) is 9.69 Å². The van der Waals surface area contributed by atoms with Crippen molar-refractivity contribution in [3.05, 3.63) is 128 Å². The quantitative estimate of drug-likeness (QED) is 0.193. The summed E-state index contributed by atoms with van der Waals surface area (Å²) in [5, 5.41) is 13.1. The molecule has 1 spiro atoms. The van der Waals surface area contributed by atoms with Crippen LogP contribution in [0.25, 0.3) is 11.0 Å². The molecule has 0 aliphatic carbocycles. The molecule has 4 heterocycles. The van der Waals surface area contributed by atoms with Crippen LogP contribution in [0.4, 0.5) is 10.1 Å². The molecule has 1 saturated heterocycles. The Labute approximate surface area is 280 Å². The molecule has 4 aromatic carbocycles. The molecule has 2 N–H and O–H groups in total. The summed E-state index contributed by atoms with van der Waals surface area (Å²) in [6.45, 7) is 1.26. The number of benzene rings is 4. The Morgan fingerprint density at radius 2 is 1.87 bits per heavy atom. The van der Waals surface area contributed by atoms with E-state index in [0.717, 1.165) is 16.6 Å². The molecule has 1 aromatic heterocycles. The number of likely N-dealkylation sites (tertiary alicyclic amines) is 1. The number of carbonyl (C=O) groups excluding carboxylic acids is 1. The number of halogens is 3. The van der Waals surface area contributed by atoms with E-state index in [1.165, 1.54) is 6.07 Å². The number of anilines is 1. The standard InChI is InChI=1S/C35H27Cl2FN4O4.CH4/c1-46-17-19-5-2-4-18(12-19)15-42-28-16-41-27-11-8-20(33(43)44)13-26(27)39-32(41)29(28)30(22-6-3-7-24(37)31(22)38)35(42)23-10-9-21(36)14-25(23)40-34(35)45;/h2-14,28-30H,15-17H2,1H3,(H,40,45)(H,43,44);1H4/t28-,29+,30-,35+;/m0./s1. The number of amides is 1. The van der Waals surface area contributed by atoms with Crippen LogP contribution in [-0.4, -0.2) is 44.6 Å². The van der Waals surface area contributed by atoms with Crippen LogP contribution in [0.3, 0.4) is 0 Å². The maximum absolute atomic E-state index is 16.3. The minimum absolute atomic E-state index is 0. The summed E-state index contributed by atoms with van der Waals surface area (Å²) in [7, 11) is 1.64. The van der Waals surface area contributed by atoms with E-state index in [4.69, 9.17) is 32.9 Å². The fourth-order valence-corrected chi connectivity index (χ4v) is 8.41. The summed E-state index contributed by atoms with van der Waals surface area (Å²) in [6, 6.07) is 22.8. The second kappa shape index (κ2) is 11.5. The third-order valence-electron chi connectivity index (χ3n) is 9.73. The van der Waals surface area contributed by atoms with Crippen molar-refractivity contribution in [2.24, 2.45) is 0 Å². The van der Waals surface area contributed by atoms with E-state index in [9.17, 15) is 14.7 Å². The van der Waals surface area contributed by atoms with Gasteiger partial charge in [0.1, 0.15) is 17.2 Å². The van der Waals surface area contributed by atoms with Gasteiger partial charge < -0.3 is 19.7 Å². The Morgan fingerprint density at radius 3 is 2.66 bits per heavy atom. The van der Waals surface area contributed by atoms with Crippen molar-refractivity contribution >= 4 is 51.8 Å². The first-order valence-corrected chi connectivity index (χ1v) is 15.6. The zero-order valence-electron chi connectivity index (χ0n) is 24.5. The van der Waals surface area contributed by atoms with Crippen molar-refractivity contribution in [2.45, 2.75) is 50.5 Å². The number of ether oxygens (including phenoxy) is 1. The number of methoxy groups -OCH3 is 1. The molecular formula is C36H31Cl2FN4O4. The van der Waals surface area contributed by atoms with Gasteiger partial charge in [0.2, 0.25) is 5.91 Å². The Balaban J connectivity index is 0.00000351. The first-order valence-electron chi connectivity index (χ1n) is 14.8. The van der Waals surface area contributed by atoms with Crippen LogP contribution in [-0.2, 0) is 34.8 Å². The van der Waals surface area contributed by atoms with Crippen molar-refractivity contribution in [3.63, 3.8) is 0 Å². The van der Waals surface area contributed by atoms with E-state index >= 15 is 4.39 Å². The minimum Gasteiger partial charge on any atom is -0.478 e. The Hall–Kier alpha value is -4.28. The van der Waals surface area contributed by atoms with Crippen LogP contribution < -0.4 is 5.32 Å². The Bertz CT molecular complexity index is 2100. The summed E-state index contributed by atoms with van der Waals surface area (Å²) >= 11 is 12.8. The second-order valence-electron chi connectivity index (χ2n) is 12.1. The van der Waals surface area contributed by atoms with Gasteiger partial charge in [-0.2, -0.15) is 0 Å². The number of fused-ring (bicyclic) bond motifs is 7. The van der Waals surface area contributed by atoms with E-state index in [-0.39, 0.29) is 30.0 Å². The monoisotopic (exact) mass is 672 g/mol. The van der Waals surface area contributed by atoms with Crippen LogP contribution in [0.5, 0.6) is 0 Å². The largest absolute Gasteiger partial charge is 0.478 e. The molecule has 4 atom stereocenters. The number of hydrogen-bond acceptors (Lipinski definition) is 5. The highest BCUT2D eigenvalue weighted by Gasteiger charge is 2.69. The summed E-state index contributed by atoms with van der Waals surface area (Å²) in [4.78, 5) is 33.6. The van der Waals surface area contributed by atoms with Crippen LogP contribution >= 0.6 is 23.2 Å². The van der Waals surface area contributed by atoms with Gasteiger partial charge in [0.15, 0.2) is 0 Å². The third kappa shape index (κ3) is 4.52. The third-order valence-corrected chi connectivity index (χ3v) is 10.3. The normalized spacial score (nSPS) is 22.6. The summed E-state index contributed by atoms with van der Waals surface area (Å²) in [6.07, 6.45) is 0. The number of nitrogens with one attached hydrogen (secondary N) is 1. The molecule has 3 aliphatic rings. The average molecular weight is 674 g/mol. The highest BCUT2D eigenvalue weighted by atomic mass is 35.5. The maximum Gasteiger partial charge on any atom is 0.335 e. The highest BCUT2D eigenvalue weighted by Crippen LogP contribution is 2.64. The number of aromatic nitrogens is 2. The van der Waals surface area contributed by atoms with E-state index in [1.807, 2.05) is 24.3 Å². The van der Waals surface area contributed by atoms with Crippen molar-refractivity contribution in [2.75, 3.05) is 12.4 Å². The van der Waals surface area contributed by atoms with Crippen LogP contribution in [0.2, 0.25) is 10.0 Å². The second-order valence-corrected chi connectivity index (χ2v) is 12.9. The van der Waals surface area contributed by atoms with Gasteiger partial charge in [0.05, 0.1) is 28.2 Å². The molecule has 0 saturated carbocycles. The van der Waals surface area contributed by atoms with Gasteiger partial charge in [-0.15, -0.1) is 0 Å². The zero-order valence-corrected chi connectivity index (χ0v) is 26.0. The number of aromatic carboxylic acids is 1. The molecule has 0 unspecified atom stereocenters. The molecule has 8 nitrogen and oxygen atoms in total. The molecule has 3 aliphatic heterocycles. The molecule has 47 heavy (non-hydrogen) atoms. The van der Waals surface area contributed by atoms with Crippen LogP contribution in [0.15, 0.2) is 78.9 Å². The summed E-state index contributed by atoms with van der Waals surface area (Å²) < 4.78 is 23.8. The molecular weight excluding hydrogens is 642 g/mol. The van der Waals surface area contributed by atoms with Crippen molar-refractivity contribution < 1.29 is 23.8 Å². The van der Waals surface area contributed by atoms with Gasteiger partial charge >= 0.3 is 5.97 Å². The number of hydrogen-bond donors (Lipinski definition) is 2. The van der Waals surface area contributed by atoms with E-state index in [2.05, 4.69) is 20.9 Å². The maximum atomic E-state index is 16.3. The lowest BCUT2D eigenvalue weighted by Gasteiger charge is -2.40. The zero-order chi connectivity index (χ0) is 31.9. The van der Waals surface area contributed by atoms with Gasteiger partial charge in [-0.1, -0.05) is 73.1 Å². The van der Waals surface area contributed by atoms with E-state index in [1.54, 1.807) is 49.6 Å². The molecule has 5 aromatic rings. The lowest BCUT2D eigenvalue weighted by Crippen LogP contribution is -2.52. The molecule has 1 fully saturated rings. The minimum atomic E-state index is -1.35. The van der Waals surface area contributed by atoms with Crippen LogP contribution in [0, 0.1) is 5.82 Å². The lowest BCUT2D eigenvalue weighted by atomic mass is 9.71. The van der Waals surface area contributed by atoms with Crippen LogP contribution in [0.1, 0.15) is 57.7 Å². The van der Waals surface area contributed by atoms with Crippen molar-refractivity contribution in [1.29, 1.82) is 0 Å². The molecule has 1 amide bonds. The number of rotatable bonds is 6. The molecule has 8 rings (SSSR count). The Morgan fingerprint density at radius 1 is 1.09 bits per heavy atom. The van der Waals surface area contributed by atoms with Crippen molar-refractivity contribution in [3.8, 4) is 0 Å². The predicted octanol–water partition coefficient (Wildman–Crippen LogP) is 7.58. The van der Waals surface area contributed by atoms with Gasteiger partial charge in [-0.25, -0.2) is 14.2 Å². The number of carbonyl (C=O) groups is 2. The van der Waals surface area contributed by atoms with Crippen molar-refractivity contribution in [1.82, 2.24) is 14.5 Å². The SMILES string of the molecule is C.COCc1cccc(CN2[C@H]3Cn4c(nc5cc(C(=O)O)ccc54)[C@H]3[C@H](c3cccc(Cl)c3F)[C@]23C(=O)Nc2cc(Cl)ccc23)c1. The van der Waals surface area contributed by atoms with E-state index in [0.29, 0.717) is 52.9 Å². The fourth-order valence-electron chi connectivity index (χ4n) is 8.05. The number of carboxylic acids is 1. The topological polar surface area (TPSA) is 96.7 Å². The smallest absolute Gasteiger partial charge is 0.335 e. The highest BCUT2D eigenvalue weighted by molar-refractivity contribution is 6.31. The summed E-state index contributed by atoms with van der Waals surface area (Å²) in [5.41, 5.74) is 3.61. The summed E-state index contributed by atoms with van der Waals surface area (Å²) in [5.74, 6) is -2.47. The number of carboxylic acid groups (broad SMARTS) is 1. The first-order chi connectivity index (χ1) is 22.2. The molecule has 240 valence electrons. The molecule has 11 heteroatoms. The molecule has 0 bridgehead atoms. The molecule has 0 radical (unpaired) electrons. The van der Waals surface area contributed by atoms with Gasteiger partial charge in [0.25, 0.3) is 0 Å². The first kappa shape index (κ1) is 31.3. The Kier molecular flexibility index (Phi) is 7.63. The lowest BCUT2D eigenvalue weighted by molar-refractivity contribution is -0.128. The van der Waals surface area contributed by atoms with E-state index < -0.39 is 29.2 Å². The number of imidazole rings is 1. The van der Waals surface area contributed by atoms with Gasteiger partial charge in [-0.05, 0) is 53.1 Å². The average Bonchev–Trinajstić information content (AvgIpc) is 3.72. The van der Waals surface area contributed by atoms with Gasteiger partial charge in [0, 0.05) is 54.4 Å².